The van der Waals surface area contributed by atoms with Crippen molar-refractivity contribution >= 4 is 40.7 Å². The largest absolute Gasteiger partial charge is 0.352 e. The number of carbonyl (C=O) groups is 1. The lowest BCUT2D eigenvalue weighted by Gasteiger charge is -2.35. The zero-order valence-electron chi connectivity index (χ0n) is 14.7. The van der Waals surface area contributed by atoms with Gasteiger partial charge < -0.3 is 15.1 Å². The lowest BCUT2D eigenvalue weighted by molar-refractivity contribution is 0.208. The molecule has 28 heavy (non-hydrogen) atoms. The third-order valence-electron chi connectivity index (χ3n) is 4.31. The molecule has 11 heteroatoms. The van der Waals surface area contributed by atoms with E-state index in [1.54, 1.807) is 46.5 Å². The van der Waals surface area contributed by atoms with E-state index < -0.39 is 0 Å². The van der Waals surface area contributed by atoms with E-state index in [1.165, 1.54) is 6.33 Å². The molecular weight excluding hydrogens is 403 g/mol. The lowest BCUT2D eigenvalue weighted by atomic mass is 10.3. The molecule has 0 bridgehead atoms. The zero-order valence-corrected chi connectivity index (χ0v) is 16.2. The molecule has 1 aliphatic heterocycles. The van der Waals surface area contributed by atoms with E-state index in [-0.39, 0.29) is 6.03 Å². The smallest absolute Gasteiger partial charge is 0.322 e. The predicted octanol–water partition coefficient (Wildman–Crippen LogP) is 2.72. The number of nitrogens with one attached hydrogen (secondary N) is 1. The van der Waals surface area contributed by atoms with Gasteiger partial charge in [0.25, 0.3) is 0 Å². The Hall–Kier alpha value is -2.91. The maximum Gasteiger partial charge on any atom is 0.322 e. The van der Waals surface area contributed by atoms with E-state index in [2.05, 4.69) is 25.4 Å². The number of aromatic nitrogens is 5. The first-order valence-corrected chi connectivity index (χ1v) is 9.29. The number of urea groups is 1. The molecule has 0 atom stereocenters. The Morgan fingerprint density at radius 2 is 1.89 bits per heavy atom. The third-order valence-corrected chi connectivity index (χ3v) is 4.79. The van der Waals surface area contributed by atoms with Crippen LogP contribution in [0.4, 0.5) is 16.3 Å². The van der Waals surface area contributed by atoms with Crippen molar-refractivity contribution in [2.45, 2.75) is 0 Å². The highest BCUT2D eigenvalue weighted by Gasteiger charge is 2.23. The molecule has 1 saturated heterocycles. The summed E-state index contributed by atoms with van der Waals surface area (Å²) in [6, 6.07) is 5.03. The van der Waals surface area contributed by atoms with Crippen molar-refractivity contribution in [2.75, 3.05) is 36.4 Å². The number of carbonyl (C=O) groups excluding carboxylic acids is 1. The van der Waals surface area contributed by atoms with Gasteiger partial charge in [0.15, 0.2) is 5.82 Å². The van der Waals surface area contributed by atoms with Crippen molar-refractivity contribution in [3.05, 3.63) is 53.3 Å². The Labute approximate surface area is 170 Å². The van der Waals surface area contributed by atoms with Crippen LogP contribution in [0.25, 0.3) is 5.82 Å². The number of piperazine rings is 1. The molecule has 2 amide bonds. The first kappa shape index (κ1) is 18.5. The van der Waals surface area contributed by atoms with E-state index >= 15 is 0 Å². The van der Waals surface area contributed by atoms with Crippen LogP contribution in [0.15, 0.2) is 43.2 Å². The van der Waals surface area contributed by atoms with Crippen molar-refractivity contribution < 1.29 is 4.79 Å². The molecule has 0 unspecified atom stereocenters. The Morgan fingerprint density at radius 1 is 1.07 bits per heavy atom. The quantitative estimate of drug-likeness (QED) is 0.702. The third kappa shape index (κ3) is 4.00. The van der Waals surface area contributed by atoms with Crippen molar-refractivity contribution in [1.29, 1.82) is 0 Å². The normalized spacial score (nSPS) is 14.2. The number of rotatable bonds is 3. The fourth-order valence-corrected chi connectivity index (χ4v) is 3.39. The van der Waals surface area contributed by atoms with E-state index in [0.717, 1.165) is 0 Å². The van der Waals surface area contributed by atoms with Crippen LogP contribution >= 0.6 is 23.2 Å². The van der Waals surface area contributed by atoms with Gasteiger partial charge in [0.05, 0.1) is 21.9 Å². The van der Waals surface area contributed by atoms with Gasteiger partial charge in [0.2, 0.25) is 0 Å². The monoisotopic (exact) mass is 418 g/mol. The molecule has 0 spiro atoms. The second-order valence-corrected chi connectivity index (χ2v) is 6.95. The van der Waals surface area contributed by atoms with Gasteiger partial charge in [-0.15, -0.1) is 0 Å². The first-order chi connectivity index (χ1) is 13.6. The Bertz CT molecular complexity index is 956. The summed E-state index contributed by atoms with van der Waals surface area (Å²) in [5, 5.41) is 7.87. The first-order valence-electron chi connectivity index (χ1n) is 8.53. The Morgan fingerprint density at radius 3 is 2.54 bits per heavy atom. The maximum atomic E-state index is 12.5. The highest BCUT2D eigenvalue weighted by atomic mass is 35.5. The van der Waals surface area contributed by atoms with Gasteiger partial charge in [-0.1, -0.05) is 23.2 Å². The number of hydrogen-bond donors (Lipinski definition) is 1. The molecule has 0 aliphatic carbocycles. The molecule has 4 heterocycles. The summed E-state index contributed by atoms with van der Waals surface area (Å²) < 4.78 is 1.54. The van der Waals surface area contributed by atoms with Gasteiger partial charge in [-0.05, 0) is 18.2 Å². The summed E-state index contributed by atoms with van der Waals surface area (Å²) in [6.07, 6.45) is 6.14. The molecule has 0 aromatic carbocycles. The van der Waals surface area contributed by atoms with Crippen molar-refractivity contribution in [1.82, 2.24) is 29.6 Å². The zero-order chi connectivity index (χ0) is 19.5. The van der Waals surface area contributed by atoms with E-state index in [1.807, 2.05) is 4.90 Å². The molecule has 1 aliphatic rings. The van der Waals surface area contributed by atoms with E-state index in [9.17, 15) is 4.79 Å². The van der Waals surface area contributed by atoms with Crippen molar-refractivity contribution in [3.8, 4) is 5.82 Å². The SMILES string of the molecule is O=C(Nc1ccc(-n2cncn2)nc1)N1CCN(c2ncc(Cl)cc2Cl)CC1. The highest BCUT2D eigenvalue weighted by Crippen LogP contribution is 2.26. The van der Waals surface area contributed by atoms with Crippen LogP contribution in [0.2, 0.25) is 10.0 Å². The number of amides is 2. The predicted molar refractivity (Wildman–Crippen MR) is 106 cm³/mol. The van der Waals surface area contributed by atoms with Gasteiger partial charge in [-0.25, -0.2) is 24.4 Å². The average Bonchev–Trinajstić information content (AvgIpc) is 3.24. The minimum atomic E-state index is -0.176. The number of anilines is 2. The molecule has 4 rings (SSSR count). The van der Waals surface area contributed by atoms with Gasteiger partial charge in [-0.2, -0.15) is 5.10 Å². The molecule has 3 aromatic rings. The minimum Gasteiger partial charge on any atom is -0.352 e. The van der Waals surface area contributed by atoms with Crippen LogP contribution in [0, 0.1) is 0 Å². The van der Waals surface area contributed by atoms with Gasteiger partial charge in [0, 0.05) is 32.4 Å². The van der Waals surface area contributed by atoms with Crippen LogP contribution in [0.1, 0.15) is 0 Å². The van der Waals surface area contributed by atoms with Gasteiger partial charge in [-0.3, -0.25) is 0 Å². The Kier molecular flexibility index (Phi) is 5.27. The molecule has 0 radical (unpaired) electrons. The molecule has 1 N–H and O–H groups in total. The fraction of sp³-hybridized carbons (Fsp3) is 0.235. The second kappa shape index (κ2) is 7.99. The van der Waals surface area contributed by atoms with Crippen LogP contribution in [-0.4, -0.2) is 61.8 Å². The summed E-state index contributed by atoms with van der Waals surface area (Å²) in [6.45, 7) is 2.37. The summed E-state index contributed by atoms with van der Waals surface area (Å²) in [7, 11) is 0. The number of halogens is 2. The Balaban J connectivity index is 1.34. The highest BCUT2D eigenvalue weighted by molar-refractivity contribution is 6.36. The number of hydrogen-bond acceptors (Lipinski definition) is 6. The molecule has 0 saturated carbocycles. The summed E-state index contributed by atoms with van der Waals surface area (Å²) in [5.41, 5.74) is 0.610. The number of nitrogens with zero attached hydrogens (tertiary/aromatic N) is 7. The van der Waals surface area contributed by atoms with Crippen molar-refractivity contribution in [3.63, 3.8) is 0 Å². The summed E-state index contributed by atoms with van der Waals surface area (Å²) in [5.74, 6) is 1.30. The van der Waals surface area contributed by atoms with Crippen LogP contribution in [0.3, 0.4) is 0 Å². The second-order valence-electron chi connectivity index (χ2n) is 6.11. The maximum absolute atomic E-state index is 12.5. The fourth-order valence-electron chi connectivity index (χ4n) is 2.89. The summed E-state index contributed by atoms with van der Waals surface area (Å²) >= 11 is 12.1. The van der Waals surface area contributed by atoms with Gasteiger partial charge >= 0.3 is 6.03 Å². The topological polar surface area (TPSA) is 92.1 Å². The summed E-state index contributed by atoms with van der Waals surface area (Å²) in [4.78, 5) is 28.7. The minimum absolute atomic E-state index is 0.176. The molecule has 1 fully saturated rings. The molecule has 144 valence electrons. The van der Waals surface area contributed by atoms with Crippen LogP contribution in [-0.2, 0) is 0 Å². The molecular formula is C17H16Cl2N8O. The van der Waals surface area contributed by atoms with E-state index in [0.29, 0.717) is 53.5 Å². The average molecular weight is 419 g/mol. The van der Waals surface area contributed by atoms with E-state index in [4.69, 9.17) is 23.2 Å². The van der Waals surface area contributed by atoms with Gasteiger partial charge in [0.1, 0.15) is 18.5 Å². The molecule has 9 nitrogen and oxygen atoms in total. The number of pyridine rings is 2. The lowest BCUT2D eigenvalue weighted by Crippen LogP contribution is -2.50. The van der Waals surface area contributed by atoms with Crippen LogP contribution in [0.5, 0.6) is 0 Å². The van der Waals surface area contributed by atoms with Crippen molar-refractivity contribution in [2.24, 2.45) is 0 Å². The standard InChI is InChI=1S/C17H16Cl2N8O/c18-12-7-14(19)16(22-8-12)25-3-5-26(6-4-25)17(28)24-13-1-2-15(21-9-13)27-11-20-10-23-27/h1-2,7-11H,3-6H2,(H,24,28). The molecule has 3 aromatic heterocycles. The van der Waals surface area contributed by atoms with Crippen LogP contribution < -0.4 is 10.2 Å².